The smallest absolute Gasteiger partial charge is 0.253 e. The Kier molecular flexibility index (Phi) is 5.61. The summed E-state index contributed by atoms with van der Waals surface area (Å²) in [5, 5.41) is 16.3. The third-order valence-electron chi connectivity index (χ3n) is 6.64. The highest BCUT2D eigenvalue weighted by molar-refractivity contribution is 7.99. The van der Waals surface area contributed by atoms with E-state index in [0.717, 1.165) is 33.6 Å². The quantitative estimate of drug-likeness (QED) is 0.432. The molecule has 7 nitrogen and oxygen atoms in total. The lowest BCUT2D eigenvalue weighted by molar-refractivity contribution is -0.130. The molecule has 2 saturated carbocycles. The number of hydrogen-bond donors (Lipinski definition) is 0. The summed E-state index contributed by atoms with van der Waals surface area (Å²) in [6, 6.07) is 18.4. The first-order chi connectivity index (χ1) is 16.7. The highest BCUT2D eigenvalue weighted by atomic mass is 32.2. The van der Waals surface area contributed by atoms with Gasteiger partial charge in [-0.2, -0.15) is 5.10 Å². The van der Waals surface area contributed by atoms with E-state index >= 15 is 0 Å². The molecular formula is C26H27N5O2S. The average molecular weight is 474 g/mol. The summed E-state index contributed by atoms with van der Waals surface area (Å²) in [5.74, 6) is 2.72. The molecule has 34 heavy (non-hydrogen) atoms. The van der Waals surface area contributed by atoms with Crippen molar-refractivity contribution in [3.63, 3.8) is 0 Å². The van der Waals surface area contributed by atoms with Crippen LogP contribution in [0.4, 0.5) is 0 Å². The number of rotatable bonds is 8. The van der Waals surface area contributed by atoms with Crippen molar-refractivity contribution in [1.29, 1.82) is 0 Å². The number of carbonyl (C=O) groups is 1. The lowest BCUT2D eigenvalue weighted by atomic mass is 9.98. The van der Waals surface area contributed by atoms with Crippen LogP contribution in [0.1, 0.15) is 67.1 Å². The Labute approximate surface area is 203 Å². The largest absolute Gasteiger partial charge is 0.497 e. The van der Waals surface area contributed by atoms with Crippen LogP contribution in [0.25, 0.3) is 0 Å². The molecule has 1 atom stereocenters. The normalized spacial score (nSPS) is 19.9. The standard InChI is InChI=1S/C26H27N5O2S/c1-33-21-13-9-18(10-14-21)23-15-22(17-5-3-2-4-6-17)29-31(23)24(32)16-34-26-28-27-25(19-7-8-19)30(26)20-11-12-20/h2-6,9-10,13-14,19-20,23H,7-8,11-12,15-16H2,1H3/t23-/m1/s1. The molecule has 1 aliphatic heterocycles. The van der Waals surface area contributed by atoms with Crippen molar-refractivity contribution in [3.05, 3.63) is 71.5 Å². The second kappa shape index (κ2) is 8.91. The molecule has 0 bridgehead atoms. The van der Waals surface area contributed by atoms with Gasteiger partial charge in [-0.1, -0.05) is 54.2 Å². The summed E-state index contributed by atoms with van der Waals surface area (Å²) < 4.78 is 7.61. The number of nitrogens with zero attached hydrogens (tertiary/aromatic N) is 5. The third-order valence-corrected chi connectivity index (χ3v) is 7.57. The highest BCUT2D eigenvalue weighted by Crippen LogP contribution is 2.46. The number of thioether (sulfide) groups is 1. The van der Waals surface area contributed by atoms with Crippen molar-refractivity contribution >= 4 is 23.4 Å². The molecule has 1 amide bonds. The molecule has 174 valence electrons. The predicted octanol–water partition coefficient (Wildman–Crippen LogP) is 4.97. The van der Waals surface area contributed by atoms with Crippen LogP contribution in [-0.2, 0) is 4.79 Å². The molecule has 2 aromatic carbocycles. The van der Waals surface area contributed by atoms with Gasteiger partial charge in [-0.3, -0.25) is 4.79 Å². The number of hydrogen-bond acceptors (Lipinski definition) is 6. The predicted molar refractivity (Wildman–Crippen MR) is 131 cm³/mol. The zero-order valence-electron chi connectivity index (χ0n) is 19.1. The molecule has 3 aliphatic rings. The molecule has 8 heteroatoms. The van der Waals surface area contributed by atoms with Crippen LogP contribution < -0.4 is 4.74 Å². The summed E-state index contributed by atoms with van der Waals surface area (Å²) in [6.45, 7) is 0. The van der Waals surface area contributed by atoms with Gasteiger partial charge in [0.25, 0.3) is 5.91 Å². The summed E-state index contributed by atoms with van der Waals surface area (Å²) in [5.41, 5.74) is 3.02. The number of methoxy groups -OCH3 is 1. The maximum Gasteiger partial charge on any atom is 0.253 e. The molecule has 2 fully saturated rings. The highest BCUT2D eigenvalue weighted by Gasteiger charge is 2.37. The van der Waals surface area contributed by atoms with Crippen LogP contribution in [0.5, 0.6) is 5.75 Å². The van der Waals surface area contributed by atoms with E-state index in [2.05, 4.69) is 14.8 Å². The van der Waals surface area contributed by atoms with Gasteiger partial charge >= 0.3 is 0 Å². The molecule has 0 spiro atoms. The maximum atomic E-state index is 13.5. The van der Waals surface area contributed by atoms with Gasteiger partial charge in [0, 0.05) is 18.4 Å². The molecule has 0 saturated heterocycles. The number of hydrazone groups is 1. The van der Waals surface area contributed by atoms with Crippen LogP contribution in [0, 0.1) is 0 Å². The average Bonchev–Trinajstić information content (AvgIpc) is 3.82. The molecular weight excluding hydrogens is 446 g/mol. The Morgan fingerprint density at radius 1 is 1.03 bits per heavy atom. The van der Waals surface area contributed by atoms with Gasteiger partial charge in [0.2, 0.25) is 0 Å². The Hall–Kier alpha value is -3.13. The minimum absolute atomic E-state index is 0.0185. The fourth-order valence-electron chi connectivity index (χ4n) is 4.51. The van der Waals surface area contributed by atoms with Gasteiger partial charge in [0.1, 0.15) is 11.6 Å². The molecule has 0 N–H and O–H groups in total. The second-order valence-electron chi connectivity index (χ2n) is 9.15. The Bertz CT molecular complexity index is 1220. The lowest BCUT2D eigenvalue weighted by Gasteiger charge is -2.22. The molecule has 0 radical (unpaired) electrons. The summed E-state index contributed by atoms with van der Waals surface area (Å²) >= 11 is 1.49. The summed E-state index contributed by atoms with van der Waals surface area (Å²) in [6.07, 6.45) is 5.42. The molecule has 3 aromatic rings. The second-order valence-corrected chi connectivity index (χ2v) is 10.1. The first-order valence-electron chi connectivity index (χ1n) is 11.9. The topological polar surface area (TPSA) is 72.6 Å². The molecule has 2 heterocycles. The first-order valence-corrected chi connectivity index (χ1v) is 12.9. The van der Waals surface area contributed by atoms with Crippen molar-refractivity contribution in [2.45, 2.75) is 55.3 Å². The van der Waals surface area contributed by atoms with Gasteiger partial charge in [-0.05, 0) is 48.9 Å². The van der Waals surface area contributed by atoms with Crippen molar-refractivity contribution in [2.24, 2.45) is 5.10 Å². The number of benzene rings is 2. The van der Waals surface area contributed by atoms with Crippen molar-refractivity contribution in [2.75, 3.05) is 12.9 Å². The molecule has 2 aliphatic carbocycles. The Morgan fingerprint density at radius 2 is 1.79 bits per heavy atom. The van der Waals surface area contributed by atoms with E-state index in [-0.39, 0.29) is 17.7 Å². The fourth-order valence-corrected chi connectivity index (χ4v) is 5.37. The summed E-state index contributed by atoms with van der Waals surface area (Å²) in [4.78, 5) is 13.5. The van der Waals surface area contributed by atoms with Crippen molar-refractivity contribution in [3.8, 4) is 5.75 Å². The SMILES string of the molecule is COc1ccc([C@H]2CC(c3ccccc3)=NN2C(=O)CSc2nnc(C3CC3)n2C2CC2)cc1. The van der Waals surface area contributed by atoms with E-state index < -0.39 is 0 Å². The van der Waals surface area contributed by atoms with E-state index in [9.17, 15) is 4.79 Å². The van der Waals surface area contributed by atoms with Crippen LogP contribution >= 0.6 is 11.8 Å². The zero-order chi connectivity index (χ0) is 23.1. The fraction of sp³-hybridized carbons (Fsp3) is 0.385. The molecule has 1 aromatic heterocycles. The van der Waals surface area contributed by atoms with Gasteiger partial charge < -0.3 is 9.30 Å². The van der Waals surface area contributed by atoms with Gasteiger partial charge in [-0.15, -0.1) is 10.2 Å². The van der Waals surface area contributed by atoms with Crippen LogP contribution in [0.15, 0.2) is 64.9 Å². The monoisotopic (exact) mass is 473 g/mol. The Balaban J connectivity index is 1.24. The van der Waals surface area contributed by atoms with Crippen molar-refractivity contribution < 1.29 is 9.53 Å². The van der Waals surface area contributed by atoms with E-state index in [1.54, 1.807) is 12.1 Å². The van der Waals surface area contributed by atoms with Gasteiger partial charge in [-0.25, -0.2) is 5.01 Å². The van der Waals surface area contributed by atoms with Crippen LogP contribution in [0.2, 0.25) is 0 Å². The minimum atomic E-state index is -0.141. The third kappa shape index (κ3) is 4.22. The molecule has 6 rings (SSSR count). The molecule has 0 unspecified atom stereocenters. The van der Waals surface area contributed by atoms with Gasteiger partial charge in [0.05, 0.1) is 24.6 Å². The minimum Gasteiger partial charge on any atom is -0.497 e. The Morgan fingerprint density at radius 3 is 2.47 bits per heavy atom. The van der Waals surface area contributed by atoms with E-state index in [1.807, 2.05) is 54.6 Å². The van der Waals surface area contributed by atoms with Crippen LogP contribution in [0.3, 0.4) is 0 Å². The maximum absolute atomic E-state index is 13.5. The van der Waals surface area contributed by atoms with Crippen LogP contribution in [-0.4, -0.2) is 44.3 Å². The number of amides is 1. The van der Waals surface area contributed by atoms with Gasteiger partial charge in [0.15, 0.2) is 5.16 Å². The number of aromatic nitrogens is 3. The number of carbonyl (C=O) groups excluding carboxylic acids is 1. The van der Waals surface area contributed by atoms with E-state index in [4.69, 9.17) is 9.84 Å². The van der Waals surface area contributed by atoms with Crippen molar-refractivity contribution in [1.82, 2.24) is 19.8 Å². The number of ether oxygens (including phenoxy) is 1. The summed E-state index contributed by atoms with van der Waals surface area (Å²) in [7, 11) is 1.66. The lowest BCUT2D eigenvalue weighted by Crippen LogP contribution is -2.28. The van der Waals surface area contributed by atoms with E-state index in [1.165, 1.54) is 37.4 Å². The first kappa shape index (κ1) is 21.4. The zero-order valence-corrected chi connectivity index (χ0v) is 19.9. The van der Waals surface area contributed by atoms with E-state index in [0.29, 0.717) is 18.4 Å².